The second kappa shape index (κ2) is 8.25. The zero-order valence-electron chi connectivity index (χ0n) is 12.1. The third-order valence-electron chi connectivity index (χ3n) is 3.19. The van der Waals surface area contributed by atoms with Crippen molar-refractivity contribution < 1.29 is 9.90 Å². The highest BCUT2D eigenvalue weighted by Gasteiger charge is 2.14. The van der Waals surface area contributed by atoms with Gasteiger partial charge in [-0.15, -0.1) is 0 Å². The number of hydrogen-bond acceptors (Lipinski definition) is 3. The van der Waals surface area contributed by atoms with Crippen molar-refractivity contribution in [2.45, 2.75) is 64.1 Å². The molecule has 0 aliphatic carbocycles. The van der Waals surface area contributed by atoms with E-state index in [1.807, 2.05) is 13.1 Å². The number of nitrogens with zero attached hydrogens (tertiary/aromatic N) is 2. The fraction of sp³-hybridized carbons (Fsp3) is 0.714. The lowest BCUT2D eigenvalue weighted by molar-refractivity contribution is -0.133. The summed E-state index contributed by atoms with van der Waals surface area (Å²) < 4.78 is 2.17. The van der Waals surface area contributed by atoms with E-state index in [0.717, 1.165) is 17.3 Å². The Bertz CT molecular complexity index is 404. The van der Waals surface area contributed by atoms with Gasteiger partial charge in [0.15, 0.2) is 5.16 Å². The summed E-state index contributed by atoms with van der Waals surface area (Å²) >= 11 is 1.30. The SMILES string of the molecule is CCCCCCC(C)n1c(C)cnc1SCC(=O)O. The molecule has 1 N–H and O–H groups in total. The first-order valence-electron chi connectivity index (χ1n) is 6.94. The van der Waals surface area contributed by atoms with Gasteiger partial charge in [-0.1, -0.05) is 44.4 Å². The first kappa shape index (κ1) is 16.1. The van der Waals surface area contributed by atoms with Crippen molar-refractivity contribution in [3.05, 3.63) is 11.9 Å². The Hall–Kier alpha value is -0.970. The molecule has 1 unspecified atom stereocenters. The molecule has 1 rings (SSSR count). The van der Waals surface area contributed by atoms with E-state index in [1.165, 1.54) is 37.4 Å². The Morgan fingerprint density at radius 1 is 1.47 bits per heavy atom. The van der Waals surface area contributed by atoms with E-state index in [4.69, 9.17) is 5.11 Å². The van der Waals surface area contributed by atoms with Crippen molar-refractivity contribution in [2.24, 2.45) is 0 Å². The van der Waals surface area contributed by atoms with Crippen LogP contribution < -0.4 is 0 Å². The minimum atomic E-state index is -0.798. The van der Waals surface area contributed by atoms with Crippen LogP contribution in [0.4, 0.5) is 0 Å². The number of carboxylic acids is 1. The highest BCUT2D eigenvalue weighted by Crippen LogP contribution is 2.25. The van der Waals surface area contributed by atoms with Crippen LogP contribution in [0, 0.1) is 6.92 Å². The van der Waals surface area contributed by atoms with Gasteiger partial charge in [0, 0.05) is 17.9 Å². The van der Waals surface area contributed by atoms with Gasteiger partial charge in [-0.05, 0) is 20.3 Å². The molecule has 4 nitrogen and oxygen atoms in total. The van der Waals surface area contributed by atoms with E-state index < -0.39 is 5.97 Å². The van der Waals surface area contributed by atoms with Crippen molar-refractivity contribution in [2.75, 3.05) is 5.75 Å². The molecule has 0 bridgehead atoms. The summed E-state index contributed by atoms with van der Waals surface area (Å²) in [6.45, 7) is 6.43. The largest absolute Gasteiger partial charge is 0.481 e. The molecule has 1 aromatic rings. The quantitative estimate of drug-likeness (QED) is 0.552. The monoisotopic (exact) mass is 284 g/mol. The average Bonchev–Trinajstić information content (AvgIpc) is 2.73. The molecule has 0 saturated carbocycles. The number of hydrogen-bond donors (Lipinski definition) is 1. The summed E-state index contributed by atoms with van der Waals surface area (Å²) in [6.07, 6.45) is 7.97. The minimum Gasteiger partial charge on any atom is -0.481 e. The van der Waals surface area contributed by atoms with Crippen LogP contribution in [-0.4, -0.2) is 26.4 Å². The second-order valence-corrected chi connectivity index (χ2v) is 5.88. The zero-order valence-corrected chi connectivity index (χ0v) is 12.9. The summed E-state index contributed by atoms with van der Waals surface area (Å²) in [5.41, 5.74) is 1.11. The Kier molecular flexibility index (Phi) is 6.99. The summed E-state index contributed by atoms with van der Waals surface area (Å²) in [7, 11) is 0. The number of unbranched alkanes of at least 4 members (excludes halogenated alkanes) is 3. The fourth-order valence-corrected chi connectivity index (χ4v) is 3.03. The first-order valence-corrected chi connectivity index (χ1v) is 7.93. The van der Waals surface area contributed by atoms with Crippen molar-refractivity contribution in [3.8, 4) is 0 Å². The van der Waals surface area contributed by atoms with Gasteiger partial charge < -0.3 is 9.67 Å². The van der Waals surface area contributed by atoms with Crippen LogP contribution in [0.2, 0.25) is 0 Å². The third kappa shape index (κ3) is 5.27. The first-order chi connectivity index (χ1) is 9.06. The van der Waals surface area contributed by atoms with Crippen LogP contribution in [0.25, 0.3) is 0 Å². The summed E-state index contributed by atoms with van der Waals surface area (Å²) in [4.78, 5) is 15.0. The lowest BCUT2D eigenvalue weighted by Gasteiger charge is -2.17. The maximum atomic E-state index is 10.6. The molecule has 0 saturated heterocycles. The number of carbonyl (C=O) groups is 1. The molecule has 1 atom stereocenters. The van der Waals surface area contributed by atoms with E-state index in [1.54, 1.807) is 0 Å². The van der Waals surface area contributed by atoms with Gasteiger partial charge in [-0.25, -0.2) is 4.98 Å². The Morgan fingerprint density at radius 3 is 2.84 bits per heavy atom. The summed E-state index contributed by atoms with van der Waals surface area (Å²) in [6, 6.07) is 0.385. The van der Waals surface area contributed by atoms with Crippen molar-refractivity contribution in [1.29, 1.82) is 0 Å². The molecule has 0 aliphatic rings. The number of aliphatic carboxylic acids is 1. The van der Waals surface area contributed by atoms with E-state index in [9.17, 15) is 4.79 Å². The lowest BCUT2D eigenvalue weighted by Crippen LogP contribution is -2.09. The van der Waals surface area contributed by atoms with Crippen molar-refractivity contribution in [1.82, 2.24) is 9.55 Å². The normalized spacial score (nSPS) is 12.6. The van der Waals surface area contributed by atoms with Gasteiger partial charge in [0.25, 0.3) is 0 Å². The van der Waals surface area contributed by atoms with Gasteiger partial charge in [-0.3, -0.25) is 4.79 Å². The van der Waals surface area contributed by atoms with Crippen molar-refractivity contribution in [3.63, 3.8) is 0 Å². The highest BCUT2D eigenvalue weighted by atomic mass is 32.2. The van der Waals surface area contributed by atoms with Crippen molar-refractivity contribution >= 4 is 17.7 Å². The summed E-state index contributed by atoms with van der Waals surface area (Å²) in [5, 5.41) is 9.58. The molecule has 0 aliphatic heterocycles. The molecule has 108 valence electrons. The van der Waals surface area contributed by atoms with Gasteiger partial charge in [0.2, 0.25) is 0 Å². The Labute approximate surface area is 119 Å². The smallest absolute Gasteiger partial charge is 0.313 e. The van der Waals surface area contributed by atoms with Crippen LogP contribution in [0.15, 0.2) is 11.4 Å². The van der Waals surface area contributed by atoms with Crippen LogP contribution in [0.5, 0.6) is 0 Å². The van der Waals surface area contributed by atoms with Crippen LogP contribution in [0.3, 0.4) is 0 Å². The van der Waals surface area contributed by atoms with Crippen LogP contribution in [0.1, 0.15) is 57.7 Å². The lowest BCUT2D eigenvalue weighted by atomic mass is 10.1. The van der Waals surface area contributed by atoms with Crippen LogP contribution in [-0.2, 0) is 4.79 Å². The van der Waals surface area contributed by atoms with E-state index in [0.29, 0.717) is 6.04 Å². The molecule has 1 heterocycles. The zero-order chi connectivity index (χ0) is 14.3. The molecule has 1 aromatic heterocycles. The molecule has 0 radical (unpaired) electrons. The Balaban J connectivity index is 2.59. The average molecular weight is 284 g/mol. The van der Waals surface area contributed by atoms with E-state index in [2.05, 4.69) is 23.4 Å². The molecular weight excluding hydrogens is 260 g/mol. The Morgan fingerprint density at radius 2 is 2.21 bits per heavy atom. The molecule has 0 amide bonds. The van der Waals surface area contributed by atoms with Crippen LogP contribution >= 0.6 is 11.8 Å². The molecule has 0 fully saturated rings. The molecule has 0 aromatic carbocycles. The topological polar surface area (TPSA) is 55.1 Å². The highest BCUT2D eigenvalue weighted by molar-refractivity contribution is 7.99. The van der Waals surface area contributed by atoms with E-state index in [-0.39, 0.29) is 5.75 Å². The van der Waals surface area contributed by atoms with Gasteiger partial charge in [-0.2, -0.15) is 0 Å². The second-order valence-electron chi connectivity index (χ2n) is 4.93. The van der Waals surface area contributed by atoms with Gasteiger partial charge in [0.1, 0.15) is 0 Å². The summed E-state index contributed by atoms with van der Waals surface area (Å²) in [5.74, 6) is -0.730. The standard InChI is InChI=1S/C14H24N2O2S/c1-4-5-6-7-8-11(2)16-12(3)9-15-14(16)19-10-13(17)18/h9,11H,4-8,10H2,1-3H3,(H,17,18). The number of rotatable bonds is 9. The molecule has 5 heteroatoms. The molecule has 0 spiro atoms. The number of aryl methyl sites for hydroxylation is 1. The molecule has 19 heavy (non-hydrogen) atoms. The number of aromatic nitrogens is 2. The number of thioether (sulfide) groups is 1. The maximum Gasteiger partial charge on any atom is 0.313 e. The predicted molar refractivity (Wildman–Crippen MR) is 78.8 cm³/mol. The third-order valence-corrected chi connectivity index (χ3v) is 4.14. The number of imidazole rings is 1. The molecular formula is C14H24N2O2S. The maximum absolute atomic E-state index is 10.6. The predicted octanol–water partition coefficient (Wildman–Crippen LogP) is 3.90. The van der Waals surface area contributed by atoms with Gasteiger partial charge >= 0.3 is 5.97 Å². The van der Waals surface area contributed by atoms with Gasteiger partial charge in [0.05, 0.1) is 5.75 Å². The van der Waals surface area contributed by atoms with E-state index >= 15 is 0 Å². The number of carboxylic acid groups (broad SMARTS) is 1. The fourth-order valence-electron chi connectivity index (χ4n) is 2.19. The minimum absolute atomic E-state index is 0.0685.